The largest absolute Gasteiger partial charge is 0.380 e. The molecule has 3 atom stereocenters. The van der Waals surface area contributed by atoms with Crippen LogP contribution in [0.1, 0.15) is 47.0 Å². The Morgan fingerprint density at radius 3 is 2.43 bits per heavy atom. The Bertz CT molecular complexity index is 179. The Morgan fingerprint density at radius 1 is 1.36 bits per heavy atom. The molecule has 84 valence electrons. The highest BCUT2D eigenvalue weighted by atomic mass is 16.5. The van der Waals surface area contributed by atoms with Crippen molar-refractivity contribution in [1.82, 2.24) is 5.32 Å². The number of hydrogen-bond acceptors (Lipinski definition) is 2. The van der Waals surface area contributed by atoms with E-state index in [2.05, 4.69) is 33.0 Å². The Morgan fingerprint density at radius 2 is 2.00 bits per heavy atom. The first-order chi connectivity index (χ1) is 6.44. The van der Waals surface area contributed by atoms with Crippen molar-refractivity contribution < 1.29 is 4.74 Å². The molecule has 3 unspecified atom stereocenters. The van der Waals surface area contributed by atoms with Gasteiger partial charge in [0.1, 0.15) is 0 Å². The van der Waals surface area contributed by atoms with E-state index in [0.29, 0.717) is 23.6 Å². The van der Waals surface area contributed by atoms with Crippen LogP contribution in [0.3, 0.4) is 0 Å². The van der Waals surface area contributed by atoms with Gasteiger partial charge in [-0.1, -0.05) is 13.8 Å². The van der Waals surface area contributed by atoms with Crippen LogP contribution in [0.25, 0.3) is 0 Å². The van der Waals surface area contributed by atoms with Crippen LogP contribution in [0.5, 0.6) is 0 Å². The smallest absolute Gasteiger partial charge is 0.0693 e. The number of hydrogen-bond donors (Lipinski definition) is 1. The molecule has 1 saturated carbocycles. The summed E-state index contributed by atoms with van der Waals surface area (Å²) in [5.74, 6) is 0. The maximum Gasteiger partial charge on any atom is 0.0693 e. The van der Waals surface area contributed by atoms with Gasteiger partial charge in [0.25, 0.3) is 0 Å². The quantitative estimate of drug-likeness (QED) is 0.751. The van der Waals surface area contributed by atoms with Crippen molar-refractivity contribution in [1.29, 1.82) is 0 Å². The van der Waals surface area contributed by atoms with Crippen molar-refractivity contribution in [3.8, 4) is 0 Å². The lowest BCUT2D eigenvalue weighted by Crippen LogP contribution is -2.42. The maximum atomic E-state index is 5.31. The molecule has 0 saturated heterocycles. The number of rotatable bonds is 4. The summed E-state index contributed by atoms with van der Waals surface area (Å²) in [6.07, 6.45) is 4.26. The van der Waals surface area contributed by atoms with E-state index in [-0.39, 0.29) is 0 Å². The minimum atomic E-state index is 0.304. The van der Waals surface area contributed by atoms with E-state index < -0.39 is 0 Å². The summed E-state index contributed by atoms with van der Waals surface area (Å²) in [7, 11) is 1.78. The van der Waals surface area contributed by atoms with Gasteiger partial charge >= 0.3 is 0 Å². The van der Waals surface area contributed by atoms with Gasteiger partial charge in [-0.25, -0.2) is 0 Å². The molecule has 0 radical (unpaired) electrons. The first kappa shape index (κ1) is 12.0. The average Bonchev–Trinajstić information content (AvgIpc) is 2.44. The van der Waals surface area contributed by atoms with E-state index in [4.69, 9.17) is 4.74 Å². The fourth-order valence-corrected chi connectivity index (χ4v) is 2.29. The molecule has 0 bridgehead atoms. The van der Waals surface area contributed by atoms with Gasteiger partial charge in [0.05, 0.1) is 6.10 Å². The molecule has 0 aromatic rings. The Balaban J connectivity index is 2.32. The molecule has 1 N–H and O–H groups in total. The third kappa shape index (κ3) is 3.25. The molecule has 0 aromatic heterocycles. The molecule has 0 amide bonds. The molecule has 2 nitrogen and oxygen atoms in total. The van der Waals surface area contributed by atoms with Crippen molar-refractivity contribution in [2.75, 3.05) is 7.11 Å². The zero-order chi connectivity index (χ0) is 10.8. The molecular weight excluding hydrogens is 174 g/mol. The van der Waals surface area contributed by atoms with Crippen molar-refractivity contribution in [3.05, 3.63) is 0 Å². The summed E-state index contributed by atoms with van der Waals surface area (Å²) in [6, 6.07) is 1.15. The summed E-state index contributed by atoms with van der Waals surface area (Å²) >= 11 is 0. The summed E-state index contributed by atoms with van der Waals surface area (Å²) in [5.41, 5.74) is 0.535. The van der Waals surface area contributed by atoms with Crippen molar-refractivity contribution in [2.45, 2.75) is 65.1 Å². The molecule has 1 aliphatic carbocycles. The Kier molecular flexibility index (Phi) is 3.96. The number of ether oxygens (including phenoxy) is 1. The molecule has 0 spiro atoms. The van der Waals surface area contributed by atoms with Crippen molar-refractivity contribution >= 4 is 0 Å². The van der Waals surface area contributed by atoms with Crippen LogP contribution in [0.4, 0.5) is 0 Å². The average molecular weight is 199 g/mol. The van der Waals surface area contributed by atoms with Crippen LogP contribution in [-0.2, 0) is 4.74 Å². The normalized spacial score (nSPS) is 30.2. The first-order valence-electron chi connectivity index (χ1n) is 5.73. The predicted octanol–water partition coefficient (Wildman–Crippen LogP) is 2.58. The van der Waals surface area contributed by atoms with Gasteiger partial charge in [0.2, 0.25) is 0 Å². The van der Waals surface area contributed by atoms with Gasteiger partial charge in [-0.2, -0.15) is 0 Å². The lowest BCUT2D eigenvalue weighted by atomic mass is 9.92. The van der Waals surface area contributed by atoms with Crippen LogP contribution in [-0.4, -0.2) is 25.3 Å². The van der Waals surface area contributed by atoms with Gasteiger partial charge in [0.15, 0.2) is 0 Å². The van der Waals surface area contributed by atoms with E-state index in [1.807, 2.05) is 0 Å². The Hall–Kier alpha value is -0.0800. The van der Waals surface area contributed by atoms with Gasteiger partial charge in [0, 0.05) is 19.2 Å². The minimum Gasteiger partial charge on any atom is -0.380 e. The summed E-state index contributed by atoms with van der Waals surface area (Å²) in [5, 5.41) is 3.66. The fraction of sp³-hybridized carbons (Fsp3) is 1.00. The number of methoxy groups -OCH3 is 1. The van der Waals surface area contributed by atoms with E-state index in [0.717, 1.165) is 0 Å². The second-order valence-corrected chi connectivity index (χ2v) is 5.50. The minimum absolute atomic E-state index is 0.304. The highest BCUT2D eigenvalue weighted by molar-refractivity contribution is 4.88. The molecule has 0 aliphatic heterocycles. The van der Waals surface area contributed by atoms with Crippen molar-refractivity contribution in [3.63, 3.8) is 0 Å². The van der Waals surface area contributed by atoms with Crippen LogP contribution in [0.2, 0.25) is 0 Å². The van der Waals surface area contributed by atoms with E-state index in [1.165, 1.54) is 19.3 Å². The third-order valence-corrected chi connectivity index (χ3v) is 3.54. The van der Waals surface area contributed by atoms with E-state index in [1.54, 1.807) is 7.11 Å². The highest BCUT2D eigenvalue weighted by Crippen LogP contribution is 2.37. The van der Waals surface area contributed by atoms with Gasteiger partial charge in [-0.3, -0.25) is 0 Å². The highest BCUT2D eigenvalue weighted by Gasteiger charge is 2.31. The van der Waals surface area contributed by atoms with Crippen LogP contribution in [0.15, 0.2) is 0 Å². The predicted molar refractivity (Wildman–Crippen MR) is 60.5 cm³/mol. The molecule has 1 fully saturated rings. The van der Waals surface area contributed by atoms with Gasteiger partial charge in [-0.05, 0) is 38.5 Å². The van der Waals surface area contributed by atoms with Crippen LogP contribution < -0.4 is 5.32 Å². The molecule has 1 aliphatic rings. The summed E-state index contributed by atoms with van der Waals surface area (Å²) in [6.45, 7) is 9.05. The lowest BCUT2D eigenvalue weighted by molar-refractivity contribution is 0.0841. The summed E-state index contributed by atoms with van der Waals surface area (Å²) < 4.78 is 5.31. The standard InChI is InChI=1S/C12H25NO/c1-9(10(2)14-5)13-11-6-7-12(3,4)8-11/h9-11,13H,6-8H2,1-5H3. The molecule has 2 heteroatoms. The zero-order valence-corrected chi connectivity index (χ0v) is 10.3. The van der Waals surface area contributed by atoms with E-state index in [9.17, 15) is 0 Å². The number of nitrogens with one attached hydrogen (secondary N) is 1. The van der Waals surface area contributed by atoms with Crippen LogP contribution in [0, 0.1) is 5.41 Å². The second-order valence-electron chi connectivity index (χ2n) is 5.50. The zero-order valence-electron chi connectivity index (χ0n) is 10.3. The Labute approximate surface area is 88.4 Å². The van der Waals surface area contributed by atoms with Gasteiger partial charge < -0.3 is 10.1 Å². The SMILES string of the molecule is COC(C)C(C)NC1CCC(C)(C)C1. The molecule has 0 heterocycles. The monoisotopic (exact) mass is 199 g/mol. The van der Waals surface area contributed by atoms with Gasteiger partial charge in [-0.15, -0.1) is 0 Å². The third-order valence-electron chi connectivity index (χ3n) is 3.54. The van der Waals surface area contributed by atoms with Crippen molar-refractivity contribution in [2.24, 2.45) is 5.41 Å². The molecule has 1 rings (SSSR count). The van der Waals surface area contributed by atoms with E-state index >= 15 is 0 Å². The summed E-state index contributed by atoms with van der Waals surface area (Å²) in [4.78, 5) is 0. The molecule has 14 heavy (non-hydrogen) atoms. The fourth-order valence-electron chi connectivity index (χ4n) is 2.29. The topological polar surface area (TPSA) is 21.3 Å². The lowest BCUT2D eigenvalue weighted by Gasteiger charge is -2.25. The molecule has 0 aromatic carbocycles. The first-order valence-corrected chi connectivity index (χ1v) is 5.73. The second kappa shape index (κ2) is 4.63. The van der Waals surface area contributed by atoms with Crippen LogP contribution >= 0.6 is 0 Å². The molecular formula is C12H25NO. The maximum absolute atomic E-state index is 5.31.